The highest BCUT2D eigenvalue weighted by molar-refractivity contribution is 9.10. The Hall–Kier alpha value is -0.910. The summed E-state index contributed by atoms with van der Waals surface area (Å²) >= 11 is 9.47. The van der Waals surface area contributed by atoms with Crippen molar-refractivity contribution in [2.45, 2.75) is 6.04 Å². The van der Waals surface area contributed by atoms with Crippen molar-refractivity contribution in [3.63, 3.8) is 0 Å². The van der Waals surface area contributed by atoms with E-state index in [9.17, 15) is 4.39 Å². The standard InChI is InChI=1S/C12H12BrClFN3/c1-16-11(12-8(13)6-17-18(12)2)7-4-3-5-9(15)10(7)14/h3-6,11,16H,1-2H3. The van der Waals surface area contributed by atoms with Gasteiger partial charge in [-0.3, -0.25) is 4.68 Å². The SMILES string of the molecule is CNC(c1cccc(F)c1Cl)c1c(Br)cnn1C. The molecule has 0 aliphatic rings. The van der Waals surface area contributed by atoms with Crippen molar-refractivity contribution in [2.75, 3.05) is 7.05 Å². The number of hydrogen-bond donors (Lipinski definition) is 1. The maximum Gasteiger partial charge on any atom is 0.142 e. The van der Waals surface area contributed by atoms with Gasteiger partial charge in [-0.05, 0) is 34.6 Å². The lowest BCUT2D eigenvalue weighted by Crippen LogP contribution is -2.21. The number of halogens is 3. The van der Waals surface area contributed by atoms with E-state index in [-0.39, 0.29) is 11.1 Å². The van der Waals surface area contributed by atoms with Crippen LogP contribution in [0.1, 0.15) is 17.3 Å². The Balaban J connectivity index is 2.56. The van der Waals surface area contributed by atoms with Crippen LogP contribution >= 0.6 is 27.5 Å². The third kappa shape index (κ3) is 2.30. The van der Waals surface area contributed by atoms with E-state index >= 15 is 0 Å². The molecule has 3 nitrogen and oxygen atoms in total. The summed E-state index contributed by atoms with van der Waals surface area (Å²) in [4.78, 5) is 0. The van der Waals surface area contributed by atoms with Gasteiger partial charge in [-0.1, -0.05) is 23.7 Å². The first-order chi connectivity index (χ1) is 8.56. The molecule has 0 spiro atoms. The van der Waals surface area contributed by atoms with Crippen LogP contribution in [0.3, 0.4) is 0 Å². The topological polar surface area (TPSA) is 29.9 Å². The number of nitrogens with one attached hydrogen (secondary N) is 1. The molecule has 1 unspecified atom stereocenters. The van der Waals surface area contributed by atoms with Gasteiger partial charge in [0.25, 0.3) is 0 Å². The molecule has 0 amide bonds. The Morgan fingerprint density at radius 3 is 2.78 bits per heavy atom. The van der Waals surface area contributed by atoms with Crippen LogP contribution in [0.2, 0.25) is 5.02 Å². The highest BCUT2D eigenvalue weighted by Crippen LogP contribution is 2.32. The predicted octanol–water partition coefficient (Wildman–Crippen LogP) is 3.28. The quantitative estimate of drug-likeness (QED) is 0.935. The van der Waals surface area contributed by atoms with Gasteiger partial charge in [0.1, 0.15) is 5.82 Å². The minimum Gasteiger partial charge on any atom is -0.308 e. The van der Waals surface area contributed by atoms with Gasteiger partial charge in [0, 0.05) is 7.05 Å². The highest BCUT2D eigenvalue weighted by Gasteiger charge is 2.22. The van der Waals surface area contributed by atoms with Crippen molar-refractivity contribution in [2.24, 2.45) is 7.05 Å². The van der Waals surface area contributed by atoms with Crippen molar-refractivity contribution < 1.29 is 4.39 Å². The molecule has 96 valence electrons. The molecule has 1 aromatic heterocycles. The Labute approximate surface area is 118 Å². The molecule has 0 radical (unpaired) electrons. The molecule has 0 aliphatic heterocycles. The minimum atomic E-state index is -0.423. The first kappa shape index (κ1) is 13.5. The number of aryl methyl sites for hydroxylation is 1. The Bertz CT molecular complexity index is 551. The number of aromatic nitrogens is 2. The predicted molar refractivity (Wildman–Crippen MR) is 73.2 cm³/mol. The van der Waals surface area contributed by atoms with Crippen molar-refractivity contribution in [3.8, 4) is 0 Å². The Morgan fingerprint density at radius 2 is 2.22 bits per heavy atom. The Morgan fingerprint density at radius 1 is 1.50 bits per heavy atom. The van der Waals surface area contributed by atoms with Crippen molar-refractivity contribution in [1.82, 2.24) is 15.1 Å². The average molecular weight is 333 g/mol. The van der Waals surface area contributed by atoms with Crippen LogP contribution in [0.5, 0.6) is 0 Å². The van der Waals surface area contributed by atoms with Crippen LogP contribution in [-0.4, -0.2) is 16.8 Å². The molecule has 2 aromatic rings. The van der Waals surface area contributed by atoms with Crippen LogP contribution in [0.15, 0.2) is 28.9 Å². The molecule has 6 heteroatoms. The maximum absolute atomic E-state index is 13.5. The monoisotopic (exact) mass is 331 g/mol. The summed E-state index contributed by atoms with van der Waals surface area (Å²) in [6.07, 6.45) is 1.70. The molecule has 0 aliphatic carbocycles. The van der Waals surface area contributed by atoms with Crippen LogP contribution in [0.4, 0.5) is 4.39 Å². The van der Waals surface area contributed by atoms with Crippen LogP contribution in [0, 0.1) is 5.82 Å². The first-order valence-corrected chi connectivity index (χ1v) is 6.52. The van der Waals surface area contributed by atoms with E-state index in [0.29, 0.717) is 5.56 Å². The van der Waals surface area contributed by atoms with E-state index in [1.54, 1.807) is 30.1 Å². The molecular weight excluding hydrogens is 321 g/mol. The molecule has 0 bridgehead atoms. The van der Waals surface area contributed by atoms with E-state index in [0.717, 1.165) is 10.2 Å². The van der Waals surface area contributed by atoms with Crippen molar-refractivity contribution >= 4 is 27.5 Å². The van der Waals surface area contributed by atoms with Crippen molar-refractivity contribution in [1.29, 1.82) is 0 Å². The van der Waals surface area contributed by atoms with Gasteiger partial charge in [-0.25, -0.2) is 4.39 Å². The van der Waals surface area contributed by atoms with E-state index in [4.69, 9.17) is 11.6 Å². The zero-order valence-corrected chi connectivity index (χ0v) is 12.3. The Kier molecular flexibility index (Phi) is 4.04. The average Bonchev–Trinajstić information content (AvgIpc) is 2.67. The normalized spacial score (nSPS) is 12.7. The summed E-state index contributed by atoms with van der Waals surface area (Å²) in [7, 11) is 3.63. The van der Waals surface area contributed by atoms with Gasteiger partial charge in [0.2, 0.25) is 0 Å². The van der Waals surface area contributed by atoms with Gasteiger partial charge < -0.3 is 5.32 Å². The fraction of sp³-hybridized carbons (Fsp3) is 0.250. The molecule has 1 N–H and O–H groups in total. The van der Waals surface area contributed by atoms with Crippen LogP contribution in [-0.2, 0) is 7.05 Å². The van der Waals surface area contributed by atoms with E-state index in [1.807, 2.05) is 7.05 Å². The summed E-state index contributed by atoms with van der Waals surface area (Å²) in [6, 6.07) is 4.56. The first-order valence-electron chi connectivity index (χ1n) is 5.34. The fourth-order valence-corrected chi connectivity index (χ4v) is 2.74. The number of hydrogen-bond acceptors (Lipinski definition) is 2. The second-order valence-corrected chi connectivity index (χ2v) is 5.10. The molecule has 1 aromatic carbocycles. The molecular formula is C12H12BrClFN3. The lowest BCUT2D eigenvalue weighted by atomic mass is 10.0. The fourth-order valence-electron chi connectivity index (χ4n) is 1.93. The summed E-state index contributed by atoms with van der Waals surface area (Å²) in [5.74, 6) is -0.423. The van der Waals surface area contributed by atoms with Gasteiger partial charge in [0.15, 0.2) is 0 Å². The zero-order valence-electron chi connectivity index (χ0n) is 9.92. The lowest BCUT2D eigenvalue weighted by molar-refractivity contribution is 0.590. The van der Waals surface area contributed by atoms with Gasteiger partial charge >= 0.3 is 0 Å². The van der Waals surface area contributed by atoms with Crippen LogP contribution in [0.25, 0.3) is 0 Å². The zero-order chi connectivity index (χ0) is 13.3. The number of rotatable bonds is 3. The molecule has 0 saturated heterocycles. The molecule has 1 heterocycles. The second kappa shape index (κ2) is 5.38. The van der Waals surface area contributed by atoms with Crippen LogP contribution < -0.4 is 5.32 Å². The third-order valence-corrected chi connectivity index (χ3v) is 3.80. The third-order valence-electron chi connectivity index (χ3n) is 2.79. The molecule has 0 saturated carbocycles. The minimum absolute atomic E-state index is 0.130. The largest absolute Gasteiger partial charge is 0.308 e. The van der Waals surface area contributed by atoms with Gasteiger partial charge in [-0.15, -0.1) is 0 Å². The molecule has 2 rings (SSSR count). The second-order valence-electron chi connectivity index (χ2n) is 3.87. The van der Waals surface area contributed by atoms with Crippen molar-refractivity contribution in [3.05, 3.63) is 51.0 Å². The summed E-state index contributed by atoms with van der Waals surface area (Å²) in [6.45, 7) is 0. The molecule has 18 heavy (non-hydrogen) atoms. The molecule has 0 fully saturated rings. The lowest BCUT2D eigenvalue weighted by Gasteiger charge is -2.19. The highest BCUT2D eigenvalue weighted by atomic mass is 79.9. The summed E-state index contributed by atoms with van der Waals surface area (Å²) < 4.78 is 16.1. The maximum atomic E-state index is 13.5. The van der Waals surface area contributed by atoms with E-state index < -0.39 is 5.82 Å². The van der Waals surface area contributed by atoms with Gasteiger partial charge in [0.05, 0.1) is 27.4 Å². The van der Waals surface area contributed by atoms with Gasteiger partial charge in [-0.2, -0.15) is 5.10 Å². The number of nitrogens with zero attached hydrogens (tertiary/aromatic N) is 2. The van der Waals surface area contributed by atoms with E-state index in [2.05, 4.69) is 26.3 Å². The molecule has 1 atom stereocenters. The number of benzene rings is 1. The summed E-state index contributed by atoms with van der Waals surface area (Å²) in [5, 5.41) is 7.41. The summed E-state index contributed by atoms with van der Waals surface area (Å²) in [5.41, 5.74) is 1.58. The van der Waals surface area contributed by atoms with E-state index in [1.165, 1.54) is 6.07 Å². The smallest absolute Gasteiger partial charge is 0.142 e.